The van der Waals surface area contributed by atoms with Crippen molar-refractivity contribution in [3.05, 3.63) is 93.8 Å². The highest BCUT2D eigenvalue weighted by molar-refractivity contribution is 6.05. The lowest BCUT2D eigenvalue weighted by atomic mass is 10.0. The van der Waals surface area contributed by atoms with Crippen LogP contribution < -0.4 is 5.32 Å². The second-order valence-electron chi connectivity index (χ2n) is 9.05. The van der Waals surface area contributed by atoms with Gasteiger partial charge in [0, 0.05) is 41.7 Å². The summed E-state index contributed by atoms with van der Waals surface area (Å²) in [5.74, 6) is -0.363. The van der Waals surface area contributed by atoms with Gasteiger partial charge >= 0.3 is 6.09 Å². The molecule has 2 aromatic carbocycles. The fourth-order valence-corrected chi connectivity index (χ4v) is 3.69. The zero-order valence-electron chi connectivity index (χ0n) is 19.5. The van der Waals surface area contributed by atoms with Crippen LogP contribution in [0.3, 0.4) is 0 Å². The number of amides is 2. The number of nitro groups is 1. The number of ether oxygens (including phenoxy) is 1. The van der Waals surface area contributed by atoms with Crippen LogP contribution in [0.25, 0.3) is 0 Å². The number of nitrogens with zero attached hydrogens (tertiary/aromatic N) is 3. The van der Waals surface area contributed by atoms with E-state index in [-0.39, 0.29) is 17.6 Å². The molecule has 0 fully saturated rings. The fraction of sp³-hybridized carbons (Fsp3) is 0.240. The summed E-state index contributed by atoms with van der Waals surface area (Å²) < 4.78 is 5.27. The van der Waals surface area contributed by atoms with Gasteiger partial charge in [-0.15, -0.1) is 0 Å². The number of carbonyl (C=O) groups is 2. The monoisotopic (exact) mass is 475 g/mol. The molecular weight excluding hydrogens is 450 g/mol. The smallest absolute Gasteiger partial charge is 0.412 e. The summed E-state index contributed by atoms with van der Waals surface area (Å²) >= 11 is 0. The third-order valence-electron chi connectivity index (χ3n) is 5.29. The maximum atomic E-state index is 13.3. The number of H-pyrrole nitrogens is 1. The van der Waals surface area contributed by atoms with Crippen molar-refractivity contribution in [3.63, 3.8) is 0 Å². The second kappa shape index (κ2) is 9.41. The van der Waals surface area contributed by atoms with E-state index in [1.807, 2.05) is 24.3 Å². The first-order valence-corrected chi connectivity index (χ1v) is 11.0. The molecule has 0 aliphatic carbocycles. The molecular formula is C25H25N5O5. The van der Waals surface area contributed by atoms with Crippen LogP contribution in [0.1, 0.15) is 54.8 Å². The van der Waals surface area contributed by atoms with Gasteiger partial charge in [-0.3, -0.25) is 20.2 Å². The van der Waals surface area contributed by atoms with E-state index in [2.05, 4.69) is 15.4 Å². The van der Waals surface area contributed by atoms with Crippen LogP contribution in [0.4, 0.5) is 16.2 Å². The quantitative estimate of drug-likeness (QED) is 0.384. The minimum Gasteiger partial charge on any atom is -0.444 e. The summed E-state index contributed by atoms with van der Waals surface area (Å²) in [6, 6.07) is 15.9. The average Bonchev–Trinajstić information content (AvgIpc) is 3.48. The standard InChI is InChI=1S/C25H25N5O5/c1-25(2,3)35-24(32)27-18-10-6-16(7-11-18)21-15-22(20-5-4-14-26-20)29(28-21)23(31)17-8-12-19(13-9-17)30(33)34/h4-14,22,26H,15H2,1-3H3,(H,27,32). The van der Waals surface area contributed by atoms with E-state index in [1.165, 1.54) is 29.3 Å². The zero-order valence-corrected chi connectivity index (χ0v) is 19.5. The summed E-state index contributed by atoms with van der Waals surface area (Å²) in [6.45, 7) is 5.37. The van der Waals surface area contributed by atoms with Gasteiger partial charge in [-0.1, -0.05) is 12.1 Å². The van der Waals surface area contributed by atoms with Crippen LogP contribution in [0.2, 0.25) is 0 Å². The van der Waals surface area contributed by atoms with Gasteiger partial charge in [-0.25, -0.2) is 9.80 Å². The molecule has 1 unspecified atom stereocenters. The van der Waals surface area contributed by atoms with Gasteiger partial charge in [0.2, 0.25) is 0 Å². The van der Waals surface area contributed by atoms with Crippen molar-refractivity contribution in [3.8, 4) is 0 Å². The highest BCUT2D eigenvalue weighted by atomic mass is 16.6. The van der Waals surface area contributed by atoms with Crippen molar-refractivity contribution in [2.24, 2.45) is 5.10 Å². The molecule has 10 heteroatoms. The SMILES string of the molecule is CC(C)(C)OC(=O)Nc1ccc(C2=NN(C(=O)c3ccc([N+](=O)[O-])cc3)C(c3ccc[nH]3)C2)cc1. The number of anilines is 1. The minimum atomic E-state index is -0.602. The Labute approximate surface area is 201 Å². The van der Waals surface area contributed by atoms with E-state index in [9.17, 15) is 19.7 Å². The average molecular weight is 476 g/mol. The normalized spacial score (nSPS) is 15.5. The van der Waals surface area contributed by atoms with Crippen LogP contribution in [0, 0.1) is 10.1 Å². The Bertz CT molecular complexity index is 1260. The Morgan fingerprint density at radius 1 is 1.11 bits per heavy atom. The number of aromatic nitrogens is 1. The summed E-state index contributed by atoms with van der Waals surface area (Å²) in [4.78, 5) is 38.9. The van der Waals surface area contributed by atoms with E-state index in [0.29, 0.717) is 23.4 Å². The maximum absolute atomic E-state index is 13.3. The number of benzene rings is 2. The van der Waals surface area contributed by atoms with E-state index in [0.717, 1.165) is 11.3 Å². The Hall–Kier alpha value is -4.47. The predicted octanol–water partition coefficient (Wildman–Crippen LogP) is 5.26. The number of hydrogen-bond donors (Lipinski definition) is 2. The lowest BCUT2D eigenvalue weighted by molar-refractivity contribution is -0.384. The lowest BCUT2D eigenvalue weighted by Crippen LogP contribution is -2.27. The van der Waals surface area contributed by atoms with Gasteiger partial charge in [0.15, 0.2) is 0 Å². The first-order chi connectivity index (χ1) is 16.6. The highest BCUT2D eigenvalue weighted by Crippen LogP contribution is 2.33. The van der Waals surface area contributed by atoms with Crippen LogP contribution in [0.5, 0.6) is 0 Å². The van der Waals surface area contributed by atoms with Crippen molar-refractivity contribution < 1.29 is 19.2 Å². The van der Waals surface area contributed by atoms with Crippen LogP contribution in [0.15, 0.2) is 72.0 Å². The number of aromatic amines is 1. The van der Waals surface area contributed by atoms with E-state index in [1.54, 1.807) is 39.1 Å². The molecule has 0 radical (unpaired) electrons. The molecule has 1 aliphatic rings. The Kier molecular flexibility index (Phi) is 6.37. The highest BCUT2D eigenvalue weighted by Gasteiger charge is 2.34. The van der Waals surface area contributed by atoms with Crippen molar-refractivity contribution in [1.29, 1.82) is 0 Å². The largest absolute Gasteiger partial charge is 0.444 e. The van der Waals surface area contributed by atoms with E-state index >= 15 is 0 Å². The Morgan fingerprint density at radius 3 is 2.37 bits per heavy atom. The first-order valence-electron chi connectivity index (χ1n) is 11.0. The number of carbonyl (C=O) groups excluding carboxylic acids is 2. The Morgan fingerprint density at radius 2 is 1.80 bits per heavy atom. The summed E-state index contributed by atoms with van der Waals surface area (Å²) in [7, 11) is 0. The minimum absolute atomic E-state index is 0.0897. The van der Waals surface area contributed by atoms with Gasteiger partial charge in [0.05, 0.1) is 10.6 Å². The molecule has 0 saturated heterocycles. The van der Waals surface area contributed by atoms with Gasteiger partial charge in [-0.05, 0) is 62.7 Å². The van der Waals surface area contributed by atoms with Gasteiger partial charge in [-0.2, -0.15) is 5.10 Å². The number of non-ortho nitro benzene ring substituents is 1. The summed E-state index contributed by atoms with van der Waals surface area (Å²) in [6.07, 6.45) is 1.70. The maximum Gasteiger partial charge on any atom is 0.412 e. The summed E-state index contributed by atoms with van der Waals surface area (Å²) in [5.41, 5.74) is 2.50. The van der Waals surface area contributed by atoms with Crippen molar-refractivity contribution in [1.82, 2.24) is 9.99 Å². The summed E-state index contributed by atoms with van der Waals surface area (Å²) in [5, 5.41) is 19.6. The second-order valence-corrected chi connectivity index (χ2v) is 9.05. The van der Waals surface area contributed by atoms with E-state index < -0.39 is 16.6 Å². The first kappa shape index (κ1) is 23.7. The molecule has 0 spiro atoms. The van der Waals surface area contributed by atoms with Crippen molar-refractivity contribution in [2.75, 3.05) is 5.32 Å². The zero-order chi connectivity index (χ0) is 25.2. The predicted molar refractivity (Wildman–Crippen MR) is 130 cm³/mol. The number of hydrazone groups is 1. The molecule has 2 N–H and O–H groups in total. The third-order valence-corrected chi connectivity index (χ3v) is 5.29. The number of rotatable bonds is 5. The number of nitro benzene ring substituents is 1. The molecule has 3 aromatic rings. The van der Waals surface area contributed by atoms with Gasteiger partial charge in [0.1, 0.15) is 11.6 Å². The molecule has 0 saturated carbocycles. The fourth-order valence-electron chi connectivity index (χ4n) is 3.69. The van der Waals surface area contributed by atoms with Gasteiger partial charge in [0.25, 0.3) is 11.6 Å². The molecule has 10 nitrogen and oxygen atoms in total. The van der Waals surface area contributed by atoms with Crippen LogP contribution in [-0.2, 0) is 4.74 Å². The van der Waals surface area contributed by atoms with Crippen molar-refractivity contribution in [2.45, 2.75) is 38.8 Å². The number of hydrogen-bond acceptors (Lipinski definition) is 6. The molecule has 0 bridgehead atoms. The topological polar surface area (TPSA) is 130 Å². The molecule has 1 aromatic heterocycles. The third kappa shape index (κ3) is 5.55. The molecule has 1 atom stereocenters. The Balaban J connectivity index is 1.56. The molecule has 4 rings (SSSR count). The van der Waals surface area contributed by atoms with Crippen molar-refractivity contribution >= 4 is 29.1 Å². The molecule has 35 heavy (non-hydrogen) atoms. The molecule has 2 heterocycles. The molecule has 1 aliphatic heterocycles. The van der Waals surface area contributed by atoms with E-state index in [4.69, 9.17) is 4.74 Å². The van der Waals surface area contributed by atoms with Crippen LogP contribution in [-0.4, -0.2) is 38.2 Å². The van der Waals surface area contributed by atoms with Crippen LogP contribution >= 0.6 is 0 Å². The van der Waals surface area contributed by atoms with Gasteiger partial charge < -0.3 is 9.72 Å². The molecule has 2 amide bonds. The number of nitrogens with one attached hydrogen (secondary N) is 2. The molecule has 180 valence electrons. The lowest BCUT2D eigenvalue weighted by Gasteiger charge is -2.20.